The molecule has 1 aliphatic rings. The van der Waals surface area contributed by atoms with Crippen molar-refractivity contribution in [2.75, 3.05) is 37.6 Å². The van der Waals surface area contributed by atoms with Crippen LogP contribution >= 0.6 is 0 Å². The van der Waals surface area contributed by atoms with E-state index in [1.807, 2.05) is 0 Å². The number of nitrogens with zero attached hydrogens (tertiary/aromatic N) is 5. The fourth-order valence-corrected chi connectivity index (χ4v) is 2.67. The minimum atomic E-state index is 0.782. The van der Waals surface area contributed by atoms with Gasteiger partial charge in [-0.25, -0.2) is 4.98 Å². The molecule has 2 rings (SSSR count). The Labute approximate surface area is 128 Å². The molecule has 1 aromatic rings. The molecule has 0 saturated carbocycles. The fourth-order valence-electron chi connectivity index (χ4n) is 2.67. The number of aromatic nitrogens is 3. The summed E-state index contributed by atoms with van der Waals surface area (Å²) in [4.78, 5) is 9.54. The Kier molecular flexibility index (Phi) is 5.91. The Balaban J connectivity index is 1.93. The molecule has 0 aliphatic carbocycles. The molecule has 0 amide bonds. The van der Waals surface area contributed by atoms with E-state index in [2.05, 4.69) is 47.7 Å². The summed E-state index contributed by atoms with van der Waals surface area (Å²) >= 11 is 0. The van der Waals surface area contributed by atoms with Crippen molar-refractivity contribution < 1.29 is 0 Å². The fraction of sp³-hybridized carbons (Fsp3) is 0.812. The van der Waals surface area contributed by atoms with Gasteiger partial charge in [0.25, 0.3) is 0 Å². The highest BCUT2D eigenvalue weighted by molar-refractivity contribution is 5.31. The van der Waals surface area contributed by atoms with E-state index in [1.165, 1.54) is 13.0 Å². The van der Waals surface area contributed by atoms with Gasteiger partial charge in [0.15, 0.2) is 0 Å². The van der Waals surface area contributed by atoms with Crippen LogP contribution in [0.4, 0.5) is 5.95 Å². The average Bonchev–Trinajstić information content (AvgIpc) is 2.52. The van der Waals surface area contributed by atoms with Gasteiger partial charge in [-0.1, -0.05) is 27.7 Å². The highest BCUT2D eigenvalue weighted by Gasteiger charge is 2.20. The zero-order chi connectivity index (χ0) is 15.2. The number of anilines is 1. The Hall–Kier alpha value is -1.23. The second kappa shape index (κ2) is 7.69. The van der Waals surface area contributed by atoms with E-state index in [1.54, 1.807) is 0 Å². The predicted octanol–water partition coefficient (Wildman–Crippen LogP) is 2.16. The largest absolute Gasteiger partial charge is 0.337 e. The van der Waals surface area contributed by atoms with E-state index in [9.17, 15) is 0 Å². The Morgan fingerprint density at radius 2 is 1.62 bits per heavy atom. The first-order valence-electron chi connectivity index (χ1n) is 8.33. The molecule has 0 bridgehead atoms. The normalized spacial score (nSPS) is 16.7. The summed E-state index contributed by atoms with van der Waals surface area (Å²) in [7, 11) is 0. The van der Waals surface area contributed by atoms with Crippen molar-refractivity contribution in [1.82, 2.24) is 20.1 Å². The van der Waals surface area contributed by atoms with Crippen molar-refractivity contribution >= 4 is 5.95 Å². The molecule has 2 heterocycles. The third-order valence-electron chi connectivity index (χ3n) is 4.18. The summed E-state index contributed by atoms with van der Waals surface area (Å²) < 4.78 is 0. The number of hydrogen-bond donors (Lipinski definition) is 0. The summed E-state index contributed by atoms with van der Waals surface area (Å²) in [5.41, 5.74) is 2.14. The molecule has 118 valence electrons. The molecular formula is C16H29N5. The highest BCUT2D eigenvalue weighted by Crippen LogP contribution is 2.14. The lowest BCUT2D eigenvalue weighted by molar-refractivity contribution is 0.242. The zero-order valence-electron chi connectivity index (χ0n) is 14.0. The van der Waals surface area contributed by atoms with Gasteiger partial charge in [-0.2, -0.15) is 5.10 Å². The second-order valence-corrected chi connectivity index (χ2v) is 6.22. The Morgan fingerprint density at radius 3 is 2.19 bits per heavy atom. The molecule has 1 aromatic heterocycles. The molecule has 0 radical (unpaired) electrons. The smallest absolute Gasteiger partial charge is 0.245 e. The van der Waals surface area contributed by atoms with Gasteiger partial charge in [-0.15, -0.1) is 5.10 Å². The van der Waals surface area contributed by atoms with Gasteiger partial charge in [0.05, 0.1) is 11.4 Å². The van der Waals surface area contributed by atoms with Crippen LogP contribution < -0.4 is 4.90 Å². The van der Waals surface area contributed by atoms with Crippen molar-refractivity contribution in [1.29, 1.82) is 0 Å². The maximum atomic E-state index is 4.72. The molecule has 5 heteroatoms. The first-order chi connectivity index (χ1) is 10.1. The van der Waals surface area contributed by atoms with Gasteiger partial charge in [0.2, 0.25) is 5.95 Å². The van der Waals surface area contributed by atoms with E-state index in [-0.39, 0.29) is 0 Å². The lowest BCUT2D eigenvalue weighted by Gasteiger charge is -2.34. The standard InChI is InChI=1S/C16H29N5/c1-5-14-15(6-2)18-19-16(17-14)21-11-9-20(10-12-21)8-7-13(3)4/h13H,5-12H2,1-4H3. The van der Waals surface area contributed by atoms with Crippen molar-refractivity contribution in [3.63, 3.8) is 0 Å². The van der Waals surface area contributed by atoms with E-state index in [0.29, 0.717) is 0 Å². The maximum Gasteiger partial charge on any atom is 0.245 e. The first-order valence-corrected chi connectivity index (χ1v) is 8.33. The lowest BCUT2D eigenvalue weighted by atomic mass is 10.1. The van der Waals surface area contributed by atoms with Crippen LogP contribution in [0.2, 0.25) is 0 Å². The summed E-state index contributed by atoms with van der Waals surface area (Å²) in [6.07, 6.45) is 3.12. The van der Waals surface area contributed by atoms with Crippen LogP contribution in [-0.2, 0) is 12.8 Å². The second-order valence-electron chi connectivity index (χ2n) is 6.22. The first kappa shape index (κ1) is 16.1. The quantitative estimate of drug-likeness (QED) is 0.804. The molecular weight excluding hydrogens is 262 g/mol. The molecule has 1 saturated heterocycles. The van der Waals surface area contributed by atoms with Crippen LogP contribution in [0.5, 0.6) is 0 Å². The third kappa shape index (κ3) is 4.37. The van der Waals surface area contributed by atoms with Gasteiger partial charge >= 0.3 is 0 Å². The number of aryl methyl sites for hydroxylation is 2. The van der Waals surface area contributed by atoms with Crippen LogP contribution in [0.1, 0.15) is 45.5 Å². The molecule has 0 spiro atoms. The summed E-state index contributed by atoms with van der Waals surface area (Å²) in [6, 6.07) is 0. The van der Waals surface area contributed by atoms with E-state index in [4.69, 9.17) is 4.98 Å². The van der Waals surface area contributed by atoms with Gasteiger partial charge in [0, 0.05) is 26.2 Å². The van der Waals surface area contributed by atoms with Gasteiger partial charge in [0.1, 0.15) is 0 Å². The van der Waals surface area contributed by atoms with Crippen LogP contribution in [-0.4, -0.2) is 52.8 Å². The highest BCUT2D eigenvalue weighted by atomic mass is 15.4. The molecule has 0 unspecified atom stereocenters. The SMILES string of the molecule is CCc1nnc(N2CCN(CCC(C)C)CC2)nc1CC. The van der Waals surface area contributed by atoms with E-state index >= 15 is 0 Å². The van der Waals surface area contributed by atoms with Crippen LogP contribution in [0.3, 0.4) is 0 Å². The zero-order valence-corrected chi connectivity index (χ0v) is 14.0. The summed E-state index contributed by atoms with van der Waals surface area (Å²) in [6.45, 7) is 14.3. The molecule has 1 aliphatic heterocycles. The average molecular weight is 291 g/mol. The lowest BCUT2D eigenvalue weighted by Crippen LogP contribution is -2.47. The Morgan fingerprint density at radius 1 is 0.952 bits per heavy atom. The van der Waals surface area contributed by atoms with Crippen molar-refractivity contribution in [3.05, 3.63) is 11.4 Å². The molecule has 1 fully saturated rings. The van der Waals surface area contributed by atoms with Crippen LogP contribution in [0.15, 0.2) is 0 Å². The summed E-state index contributed by atoms with van der Waals surface area (Å²) in [5.74, 6) is 1.59. The third-order valence-corrected chi connectivity index (χ3v) is 4.18. The number of hydrogen-bond acceptors (Lipinski definition) is 5. The topological polar surface area (TPSA) is 45.2 Å². The molecule has 0 aromatic carbocycles. The van der Waals surface area contributed by atoms with Crippen LogP contribution in [0.25, 0.3) is 0 Å². The van der Waals surface area contributed by atoms with E-state index in [0.717, 1.165) is 62.3 Å². The maximum absolute atomic E-state index is 4.72. The van der Waals surface area contributed by atoms with Gasteiger partial charge in [-0.3, -0.25) is 4.90 Å². The van der Waals surface area contributed by atoms with Gasteiger partial charge in [-0.05, 0) is 31.7 Å². The monoisotopic (exact) mass is 291 g/mol. The molecule has 5 nitrogen and oxygen atoms in total. The van der Waals surface area contributed by atoms with Crippen molar-refractivity contribution in [2.45, 2.75) is 47.0 Å². The molecule has 21 heavy (non-hydrogen) atoms. The van der Waals surface area contributed by atoms with E-state index < -0.39 is 0 Å². The predicted molar refractivity (Wildman–Crippen MR) is 86.7 cm³/mol. The number of rotatable bonds is 6. The van der Waals surface area contributed by atoms with Crippen LogP contribution in [0, 0.1) is 5.92 Å². The Bertz CT molecular complexity index is 438. The summed E-state index contributed by atoms with van der Waals surface area (Å²) in [5, 5.41) is 8.68. The van der Waals surface area contributed by atoms with Gasteiger partial charge < -0.3 is 4.90 Å². The minimum Gasteiger partial charge on any atom is -0.337 e. The van der Waals surface area contributed by atoms with Crippen molar-refractivity contribution in [3.8, 4) is 0 Å². The van der Waals surface area contributed by atoms with Crippen molar-refractivity contribution in [2.24, 2.45) is 5.92 Å². The molecule has 0 N–H and O–H groups in total. The number of piperazine rings is 1. The molecule has 0 atom stereocenters. The minimum absolute atomic E-state index is 0.782.